The summed E-state index contributed by atoms with van der Waals surface area (Å²) in [7, 11) is 0. The zero-order chi connectivity index (χ0) is 21.3. The van der Waals surface area contributed by atoms with Crippen molar-refractivity contribution in [2.24, 2.45) is 0 Å². The number of aromatic nitrogens is 1. The molecule has 0 aliphatic carbocycles. The summed E-state index contributed by atoms with van der Waals surface area (Å²) < 4.78 is 0. The van der Waals surface area contributed by atoms with E-state index in [1.807, 2.05) is 12.3 Å². The molecule has 1 aromatic carbocycles. The van der Waals surface area contributed by atoms with Crippen molar-refractivity contribution in [3.05, 3.63) is 44.9 Å². The Balaban J connectivity index is 1.38. The molecule has 3 heterocycles. The molecule has 3 amide bonds. The number of nitrogens with zero attached hydrogens (tertiary/aromatic N) is 4. The van der Waals surface area contributed by atoms with E-state index < -0.39 is 0 Å². The number of carbonyl (C=O) groups excluding carboxylic acids is 3. The number of carbonyl (C=O) groups is 3. The molecule has 0 spiro atoms. The van der Waals surface area contributed by atoms with Gasteiger partial charge in [0.25, 0.3) is 5.91 Å². The summed E-state index contributed by atoms with van der Waals surface area (Å²) >= 11 is 7.78. The molecule has 0 bridgehead atoms. The quantitative estimate of drug-likeness (QED) is 0.723. The van der Waals surface area contributed by atoms with Crippen LogP contribution in [0.15, 0.2) is 23.6 Å². The third-order valence-electron chi connectivity index (χ3n) is 5.45. The Kier molecular flexibility index (Phi) is 6.06. The van der Waals surface area contributed by atoms with E-state index in [1.165, 1.54) is 11.3 Å². The molecule has 2 aliphatic heterocycles. The summed E-state index contributed by atoms with van der Waals surface area (Å²) in [6.07, 6.45) is 1.60. The normalized spacial score (nSPS) is 17.0. The molecule has 0 atom stereocenters. The molecule has 1 aromatic heterocycles. The Morgan fingerprint density at radius 1 is 1.13 bits per heavy atom. The van der Waals surface area contributed by atoms with Gasteiger partial charge in [0, 0.05) is 55.8 Å². The third-order valence-corrected chi connectivity index (χ3v) is 6.73. The fraction of sp³-hybridized carbons (Fsp3) is 0.429. The number of amides is 3. The first-order valence-electron chi connectivity index (χ1n) is 10.0. The maximum absolute atomic E-state index is 13.0. The average Bonchev–Trinajstić information content (AvgIpc) is 3.35. The van der Waals surface area contributed by atoms with E-state index in [-0.39, 0.29) is 17.7 Å². The number of benzene rings is 1. The first-order valence-corrected chi connectivity index (χ1v) is 11.3. The number of aryl methyl sites for hydroxylation is 1. The molecule has 2 aliphatic rings. The van der Waals surface area contributed by atoms with Gasteiger partial charge in [0.15, 0.2) is 0 Å². The van der Waals surface area contributed by atoms with Gasteiger partial charge in [-0.1, -0.05) is 11.6 Å². The highest BCUT2D eigenvalue weighted by Crippen LogP contribution is 2.31. The summed E-state index contributed by atoms with van der Waals surface area (Å²) in [4.78, 5) is 47.1. The summed E-state index contributed by atoms with van der Waals surface area (Å²) in [5.41, 5.74) is 2.03. The van der Waals surface area contributed by atoms with Crippen molar-refractivity contribution in [2.45, 2.75) is 26.2 Å². The van der Waals surface area contributed by atoms with Crippen molar-refractivity contribution in [1.29, 1.82) is 0 Å². The largest absolute Gasteiger partial charge is 0.339 e. The van der Waals surface area contributed by atoms with E-state index in [9.17, 15) is 14.4 Å². The van der Waals surface area contributed by atoms with E-state index in [0.717, 1.165) is 17.1 Å². The van der Waals surface area contributed by atoms with Gasteiger partial charge in [0.1, 0.15) is 5.01 Å². The molecule has 2 fully saturated rings. The van der Waals surface area contributed by atoms with Crippen LogP contribution in [0.25, 0.3) is 0 Å². The molecule has 4 rings (SSSR count). The first kappa shape index (κ1) is 20.8. The standard InChI is InChI=1S/C21H23ClN4O3S/c1-14-13-30-18(23-14)12-20(28)24-7-9-25(10-8-24)21(29)15-4-5-16(22)17(11-15)26-6-2-3-19(26)27/h4-5,11,13H,2-3,6-10,12H2,1H3. The van der Waals surface area contributed by atoms with Crippen LogP contribution in [0, 0.1) is 6.92 Å². The Bertz CT molecular complexity index is 984. The number of halogens is 1. The van der Waals surface area contributed by atoms with Crippen LogP contribution in [0.2, 0.25) is 5.02 Å². The second-order valence-corrected chi connectivity index (χ2v) is 8.90. The second kappa shape index (κ2) is 8.73. The molecule has 0 unspecified atom stereocenters. The number of thiazole rings is 1. The number of hydrogen-bond donors (Lipinski definition) is 0. The number of piperazine rings is 1. The highest BCUT2D eigenvalue weighted by Gasteiger charge is 2.28. The lowest BCUT2D eigenvalue weighted by atomic mass is 10.1. The lowest BCUT2D eigenvalue weighted by Gasteiger charge is -2.35. The SMILES string of the molecule is Cc1csc(CC(=O)N2CCN(C(=O)c3ccc(Cl)c(N4CCCC4=O)c3)CC2)n1. The highest BCUT2D eigenvalue weighted by molar-refractivity contribution is 7.09. The molecule has 0 radical (unpaired) electrons. The summed E-state index contributed by atoms with van der Waals surface area (Å²) in [6.45, 7) is 4.48. The zero-order valence-electron chi connectivity index (χ0n) is 16.8. The van der Waals surface area contributed by atoms with Gasteiger partial charge in [0.05, 0.1) is 17.1 Å². The van der Waals surface area contributed by atoms with Gasteiger partial charge in [-0.3, -0.25) is 14.4 Å². The monoisotopic (exact) mass is 446 g/mol. The Morgan fingerprint density at radius 2 is 1.87 bits per heavy atom. The molecule has 2 aromatic rings. The van der Waals surface area contributed by atoms with Crippen molar-refractivity contribution >= 4 is 46.3 Å². The number of hydrogen-bond acceptors (Lipinski definition) is 5. The predicted molar refractivity (Wildman–Crippen MR) is 116 cm³/mol. The van der Waals surface area contributed by atoms with Gasteiger partial charge in [-0.05, 0) is 31.5 Å². The first-order chi connectivity index (χ1) is 14.4. The Labute approximate surface area is 184 Å². The lowest BCUT2D eigenvalue weighted by Crippen LogP contribution is -2.51. The molecular weight excluding hydrogens is 424 g/mol. The van der Waals surface area contributed by atoms with Crippen LogP contribution < -0.4 is 4.90 Å². The minimum absolute atomic E-state index is 0.0315. The minimum Gasteiger partial charge on any atom is -0.339 e. The smallest absolute Gasteiger partial charge is 0.254 e. The zero-order valence-corrected chi connectivity index (χ0v) is 18.3. The summed E-state index contributed by atoms with van der Waals surface area (Å²) in [5.74, 6) is -0.0379. The van der Waals surface area contributed by atoms with Gasteiger partial charge in [-0.2, -0.15) is 0 Å². The molecule has 158 valence electrons. The Hall–Kier alpha value is -2.45. The molecule has 0 N–H and O–H groups in total. The Morgan fingerprint density at radius 3 is 2.50 bits per heavy atom. The fourth-order valence-electron chi connectivity index (χ4n) is 3.82. The van der Waals surface area contributed by atoms with E-state index in [2.05, 4.69) is 4.98 Å². The predicted octanol–water partition coefficient (Wildman–Crippen LogP) is 2.76. The average molecular weight is 447 g/mol. The van der Waals surface area contributed by atoms with Crippen molar-refractivity contribution in [1.82, 2.24) is 14.8 Å². The number of anilines is 1. The van der Waals surface area contributed by atoms with Crippen LogP contribution in [0.4, 0.5) is 5.69 Å². The summed E-state index contributed by atoms with van der Waals surface area (Å²) in [5, 5.41) is 3.23. The van der Waals surface area contributed by atoms with Crippen molar-refractivity contribution in [3.8, 4) is 0 Å². The van der Waals surface area contributed by atoms with Gasteiger partial charge >= 0.3 is 0 Å². The van der Waals surface area contributed by atoms with Crippen LogP contribution in [-0.4, -0.2) is 65.2 Å². The van der Waals surface area contributed by atoms with Crippen LogP contribution in [0.5, 0.6) is 0 Å². The molecular formula is C21H23ClN4O3S. The van der Waals surface area contributed by atoms with Crippen LogP contribution >= 0.6 is 22.9 Å². The van der Waals surface area contributed by atoms with Crippen LogP contribution in [-0.2, 0) is 16.0 Å². The van der Waals surface area contributed by atoms with Gasteiger partial charge in [-0.25, -0.2) is 4.98 Å². The van der Waals surface area contributed by atoms with E-state index in [1.54, 1.807) is 32.9 Å². The van der Waals surface area contributed by atoms with Crippen LogP contribution in [0.3, 0.4) is 0 Å². The van der Waals surface area contributed by atoms with Crippen LogP contribution in [0.1, 0.15) is 33.9 Å². The maximum Gasteiger partial charge on any atom is 0.254 e. The molecule has 2 saturated heterocycles. The minimum atomic E-state index is -0.109. The maximum atomic E-state index is 13.0. The summed E-state index contributed by atoms with van der Waals surface area (Å²) in [6, 6.07) is 5.07. The van der Waals surface area contributed by atoms with Gasteiger partial charge < -0.3 is 14.7 Å². The van der Waals surface area contributed by atoms with E-state index in [0.29, 0.717) is 61.8 Å². The molecule has 30 heavy (non-hydrogen) atoms. The van der Waals surface area contributed by atoms with E-state index >= 15 is 0 Å². The second-order valence-electron chi connectivity index (χ2n) is 7.55. The van der Waals surface area contributed by atoms with Gasteiger partial charge in [0.2, 0.25) is 11.8 Å². The lowest BCUT2D eigenvalue weighted by molar-refractivity contribution is -0.131. The fourth-order valence-corrected chi connectivity index (χ4v) is 4.80. The van der Waals surface area contributed by atoms with E-state index in [4.69, 9.17) is 11.6 Å². The van der Waals surface area contributed by atoms with Crippen molar-refractivity contribution < 1.29 is 14.4 Å². The highest BCUT2D eigenvalue weighted by atomic mass is 35.5. The van der Waals surface area contributed by atoms with Crippen molar-refractivity contribution in [3.63, 3.8) is 0 Å². The topological polar surface area (TPSA) is 73.8 Å². The molecule has 7 nitrogen and oxygen atoms in total. The van der Waals surface area contributed by atoms with Crippen molar-refractivity contribution in [2.75, 3.05) is 37.6 Å². The molecule has 9 heteroatoms. The van der Waals surface area contributed by atoms with Gasteiger partial charge in [-0.15, -0.1) is 11.3 Å². The number of rotatable bonds is 4. The molecule has 0 saturated carbocycles. The third kappa shape index (κ3) is 4.34.